The molecule has 1 aromatic heterocycles. The van der Waals surface area contributed by atoms with Crippen LogP contribution in [0.15, 0.2) is 36.5 Å². The summed E-state index contributed by atoms with van der Waals surface area (Å²) in [5.74, 6) is -2.72. The van der Waals surface area contributed by atoms with E-state index in [1.54, 1.807) is 18.2 Å². The van der Waals surface area contributed by atoms with Gasteiger partial charge >= 0.3 is 6.18 Å². The van der Waals surface area contributed by atoms with E-state index in [4.69, 9.17) is 0 Å². The van der Waals surface area contributed by atoms with Crippen molar-refractivity contribution in [2.45, 2.75) is 12.7 Å². The predicted octanol–water partition coefficient (Wildman–Crippen LogP) is 4.93. The van der Waals surface area contributed by atoms with Crippen LogP contribution >= 0.6 is 0 Å². The van der Waals surface area contributed by atoms with E-state index in [1.807, 2.05) is 13.2 Å². The van der Waals surface area contributed by atoms with Gasteiger partial charge < -0.3 is 15.6 Å². The van der Waals surface area contributed by atoms with Crippen molar-refractivity contribution in [3.05, 3.63) is 59.3 Å². The summed E-state index contributed by atoms with van der Waals surface area (Å²) in [5.41, 5.74) is 0.223. The lowest BCUT2D eigenvalue weighted by Crippen LogP contribution is -2.09. The number of aromatic amines is 1. The van der Waals surface area contributed by atoms with E-state index in [1.165, 1.54) is 0 Å². The van der Waals surface area contributed by atoms with Gasteiger partial charge in [0.15, 0.2) is 0 Å². The highest BCUT2D eigenvalue weighted by Crippen LogP contribution is 2.34. The third kappa shape index (κ3) is 3.43. The molecular formula is C17H14F5N3. The number of fused-ring (bicyclic) bond motifs is 1. The SMILES string of the molecule is CNCc1c[nH]c2cc(Nc3cc(F)c(C(F)(F)F)cc3F)ccc12. The Labute approximate surface area is 139 Å². The van der Waals surface area contributed by atoms with Crippen LogP contribution in [0.1, 0.15) is 11.1 Å². The van der Waals surface area contributed by atoms with E-state index in [0.717, 1.165) is 16.5 Å². The molecule has 0 fully saturated rings. The molecule has 0 amide bonds. The fourth-order valence-corrected chi connectivity index (χ4v) is 2.62. The zero-order valence-electron chi connectivity index (χ0n) is 13.1. The first kappa shape index (κ1) is 17.2. The molecule has 0 aliphatic carbocycles. The van der Waals surface area contributed by atoms with Crippen molar-refractivity contribution in [1.29, 1.82) is 0 Å². The summed E-state index contributed by atoms with van der Waals surface area (Å²) in [6.07, 6.45) is -3.13. The summed E-state index contributed by atoms with van der Waals surface area (Å²) in [6.45, 7) is 0.658. The average molecular weight is 355 g/mol. The molecule has 0 unspecified atom stereocenters. The van der Waals surface area contributed by atoms with Gasteiger partial charge in [0, 0.05) is 35.4 Å². The van der Waals surface area contributed by atoms with Crippen molar-refractivity contribution in [2.24, 2.45) is 0 Å². The number of hydrogen-bond acceptors (Lipinski definition) is 2. The Kier molecular flexibility index (Phi) is 4.38. The van der Waals surface area contributed by atoms with E-state index in [-0.39, 0.29) is 11.8 Å². The maximum atomic E-state index is 13.9. The van der Waals surface area contributed by atoms with Gasteiger partial charge in [0.05, 0.1) is 11.3 Å². The van der Waals surface area contributed by atoms with Gasteiger partial charge in [-0.15, -0.1) is 0 Å². The summed E-state index contributed by atoms with van der Waals surface area (Å²) in [6, 6.07) is 5.76. The number of H-pyrrole nitrogens is 1. The first-order valence-electron chi connectivity index (χ1n) is 7.37. The van der Waals surface area contributed by atoms with E-state index in [9.17, 15) is 22.0 Å². The van der Waals surface area contributed by atoms with Crippen LogP contribution in [-0.4, -0.2) is 12.0 Å². The van der Waals surface area contributed by atoms with Gasteiger partial charge in [0.25, 0.3) is 0 Å². The molecule has 3 rings (SSSR count). The van der Waals surface area contributed by atoms with Crippen molar-refractivity contribution in [3.63, 3.8) is 0 Å². The second kappa shape index (κ2) is 6.36. The van der Waals surface area contributed by atoms with Crippen molar-refractivity contribution in [1.82, 2.24) is 10.3 Å². The van der Waals surface area contributed by atoms with Crippen molar-refractivity contribution >= 4 is 22.3 Å². The standard InChI is InChI=1S/C17H14F5N3/c1-23-7-9-8-24-15-4-10(2-3-11(9)15)25-16-6-13(18)12(5-14(16)19)17(20,21)22/h2-6,8,23-25H,7H2,1H3. The number of nitrogens with one attached hydrogen (secondary N) is 3. The summed E-state index contributed by atoms with van der Waals surface area (Å²) in [4.78, 5) is 3.06. The molecule has 2 aromatic carbocycles. The third-order valence-electron chi connectivity index (χ3n) is 3.78. The van der Waals surface area contributed by atoms with Crippen LogP contribution in [0.25, 0.3) is 10.9 Å². The number of rotatable bonds is 4. The lowest BCUT2D eigenvalue weighted by molar-refractivity contribution is -0.140. The Morgan fingerprint density at radius 2 is 1.80 bits per heavy atom. The minimum atomic E-state index is -4.95. The van der Waals surface area contributed by atoms with Crippen LogP contribution in [0, 0.1) is 11.6 Å². The van der Waals surface area contributed by atoms with Gasteiger partial charge in [-0.25, -0.2) is 8.78 Å². The van der Waals surface area contributed by atoms with Crippen molar-refractivity contribution in [3.8, 4) is 0 Å². The van der Waals surface area contributed by atoms with Crippen LogP contribution in [0.2, 0.25) is 0 Å². The molecule has 0 saturated heterocycles. The molecule has 25 heavy (non-hydrogen) atoms. The third-order valence-corrected chi connectivity index (χ3v) is 3.78. The minimum Gasteiger partial charge on any atom is -0.361 e. The second-order valence-corrected chi connectivity index (χ2v) is 5.54. The van der Waals surface area contributed by atoms with Gasteiger partial charge in [-0.2, -0.15) is 13.2 Å². The number of hydrogen-bond donors (Lipinski definition) is 3. The Morgan fingerprint density at radius 3 is 2.48 bits per heavy atom. The van der Waals surface area contributed by atoms with E-state index in [0.29, 0.717) is 18.3 Å². The second-order valence-electron chi connectivity index (χ2n) is 5.54. The van der Waals surface area contributed by atoms with Gasteiger partial charge in [0.1, 0.15) is 11.6 Å². The van der Waals surface area contributed by atoms with Gasteiger partial charge in [-0.3, -0.25) is 0 Å². The van der Waals surface area contributed by atoms with Crippen LogP contribution in [-0.2, 0) is 12.7 Å². The molecular weight excluding hydrogens is 341 g/mol. The number of anilines is 2. The normalized spacial score (nSPS) is 11.9. The largest absolute Gasteiger partial charge is 0.419 e. The Balaban J connectivity index is 1.92. The highest BCUT2D eigenvalue weighted by molar-refractivity contribution is 5.87. The molecule has 0 atom stereocenters. The maximum absolute atomic E-state index is 13.9. The van der Waals surface area contributed by atoms with Crippen LogP contribution in [0.5, 0.6) is 0 Å². The predicted molar refractivity (Wildman–Crippen MR) is 85.7 cm³/mol. The Bertz CT molecular complexity index is 915. The van der Waals surface area contributed by atoms with Crippen LogP contribution in [0.3, 0.4) is 0 Å². The fraction of sp³-hybridized carbons (Fsp3) is 0.176. The summed E-state index contributed by atoms with van der Waals surface area (Å²) < 4.78 is 65.3. The van der Waals surface area contributed by atoms with Gasteiger partial charge in [0.2, 0.25) is 0 Å². The first-order valence-corrected chi connectivity index (χ1v) is 7.37. The molecule has 3 nitrogen and oxygen atoms in total. The van der Waals surface area contributed by atoms with E-state index >= 15 is 0 Å². The summed E-state index contributed by atoms with van der Waals surface area (Å²) >= 11 is 0. The molecule has 0 radical (unpaired) electrons. The molecule has 3 aromatic rings. The molecule has 0 saturated carbocycles. The first-order chi connectivity index (χ1) is 11.8. The lowest BCUT2D eigenvalue weighted by Gasteiger charge is -2.12. The number of aromatic nitrogens is 1. The topological polar surface area (TPSA) is 39.9 Å². The minimum absolute atomic E-state index is 0.149. The summed E-state index contributed by atoms with van der Waals surface area (Å²) in [5, 5.41) is 6.59. The highest BCUT2D eigenvalue weighted by Gasteiger charge is 2.35. The molecule has 132 valence electrons. The number of halogens is 5. The zero-order chi connectivity index (χ0) is 18.2. The molecule has 0 bridgehead atoms. The number of alkyl halides is 3. The van der Waals surface area contributed by atoms with Crippen LogP contribution in [0.4, 0.5) is 33.3 Å². The highest BCUT2D eigenvalue weighted by atomic mass is 19.4. The molecule has 0 aliphatic rings. The van der Waals surface area contributed by atoms with Gasteiger partial charge in [-0.1, -0.05) is 6.07 Å². The molecule has 0 aliphatic heterocycles. The quantitative estimate of drug-likeness (QED) is 0.581. The molecule has 3 N–H and O–H groups in total. The molecule has 1 heterocycles. The Hall–Kier alpha value is -2.61. The number of benzene rings is 2. The Morgan fingerprint density at radius 1 is 1.04 bits per heavy atom. The van der Waals surface area contributed by atoms with Crippen molar-refractivity contribution < 1.29 is 22.0 Å². The lowest BCUT2D eigenvalue weighted by atomic mass is 10.1. The fourth-order valence-electron chi connectivity index (χ4n) is 2.62. The zero-order valence-corrected chi connectivity index (χ0v) is 13.1. The van der Waals surface area contributed by atoms with Crippen LogP contribution < -0.4 is 10.6 Å². The molecule has 0 spiro atoms. The average Bonchev–Trinajstić information content (AvgIpc) is 2.92. The smallest absolute Gasteiger partial charge is 0.361 e. The summed E-state index contributed by atoms with van der Waals surface area (Å²) in [7, 11) is 1.82. The van der Waals surface area contributed by atoms with E-state index in [2.05, 4.69) is 15.6 Å². The van der Waals surface area contributed by atoms with Gasteiger partial charge in [-0.05, 0) is 30.8 Å². The van der Waals surface area contributed by atoms with Crippen molar-refractivity contribution in [2.75, 3.05) is 12.4 Å². The molecule has 8 heteroatoms. The monoisotopic (exact) mass is 355 g/mol. The maximum Gasteiger partial charge on any atom is 0.419 e. The van der Waals surface area contributed by atoms with E-state index < -0.39 is 23.4 Å².